The molecule has 2 aromatic rings. The van der Waals surface area contributed by atoms with Gasteiger partial charge in [0.1, 0.15) is 11.6 Å². The standard InChI is InChI=1S/C18H21ClN4/c1-12-9-14(13-5-3-2-4-6-13)11-23(12)17-10-16(20-15-7-8-15)21-18(19)22-17/h2-6,10,12,14-15H,7-9,11H2,1H3,(H,20,21,22). The predicted molar refractivity (Wildman–Crippen MR) is 94.3 cm³/mol. The van der Waals surface area contributed by atoms with Gasteiger partial charge in [-0.05, 0) is 43.4 Å². The maximum Gasteiger partial charge on any atom is 0.226 e. The lowest BCUT2D eigenvalue weighted by molar-refractivity contribution is 0.696. The Bertz CT molecular complexity index is 687. The molecule has 0 bridgehead atoms. The van der Waals surface area contributed by atoms with Gasteiger partial charge < -0.3 is 10.2 Å². The molecule has 5 heteroatoms. The van der Waals surface area contributed by atoms with E-state index in [1.165, 1.54) is 18.4 Å². The fraction of sp³-hybridized carbons (Fsp3) is 0.444. The molecule has 2 unspecified atom stereocenters. The average Bonchev–Trinajstić information content (AvgIpc) is 3.26. The summed E-state index contributed by atoms with van der Waals surface area (Å²) in [6, 6.07) is 13.8. The Kier molecular flexibility index (Phi) is 3.85. The van der Waals surface area contributed by atoms with Crippen LogP contribution in [0.4, 0.5) is 11.6 Å². The van der Waals surface area contributed by atoms with Crippen LogP contribution in [-0.2, 0) is 0 Å². The van der Waals surface area contributed by atoms with Gasteiger partial charge in [0.2, 0.25) is 5.28 Å². The topological polar surface area (TPSA) is 41.0 Å². The van der Waals surface area contributed by atoms with E-state index in [0.29, 0.717) is 23.3 Å². The zero-order valence-corrected chi connectivity index (χ0v) is 14.0. The van der Waals surface area contributed by atoms with Crippen molar-refractivity contribution in [3.63, 3.8) is 0 Å². The van der Waals surface area contributed by atoms with Crippen molar-refractivity contribution in [1.82, 2.24) is 9.97 Å². The first-order chi connectivity index (χ1) is 11.2. The molecule has 0 amide bonds. The average molecular weight is 329 g/mol. The summed E-state index contributed by atoms with van der Waals surface area (Å²) < 4.78 is 0. The van der Waals surface area contributed by atoms with Crippen molar-refractivity contribution in [1.29, 1.82) is 0 Å². The molecule has 1 saturated heterocycles. The van der Waals surface area contributed by atoms with Gasteiger partial charge in [0, 0.05) is 30.6 Å². The van der Waals surface area contributed by atoms with E-state index in [1.807, 2.05) is 6.07 Å². The minimum absolute atomic E-state index is 0.320. The highest BCUT2D eigenvalue weighted by atomic mass is 35.5. The van der Waals surface area contributed by atoms with Crippen molar-refractivity contribution in [3.8, 4) is 0 Å². The maximum atomic E-state index is 6.14. The van der Waals surface area contributed by atoms with E-state index in [-0.39, 0.29) is 0 Å². The normalized spacial score (nSPS) is 24.0. The fourth-order valence-electron chi connectivity index (χ4n) is 3.38. The number of nitrogens with one attached hydrogen (secondary N) is 1. The Morgan fingerprint density at radius 2 is 1.96 bits per heavy atom. The van der Waals surface area contributed by atoms with Crippen molar-refractivity contribution in [2.75, 3.05) is 16.8 Å². The maximum absolute atomic E-state index is 6.14. The van der Waals surface area contributed by atoms with Gasteiger partial charge in [-0.15, -0.1) is 0 Å². The van der Waals surface area contributed by atoms with E-state index >= 15 is 0 Å². The van der Waals surface area contributed by atoms with Crippen LogP contribution in [0.15, 0.2) is 36.4 Å². The van der Waals surface area contributed by atoms with E-state index < -0.39 is 0 Å². The third-order valence-corrected chi connectivity index (χ3v) is 4.92. The first kappa shape index (κ1) is 14.8. The van der Waals surface area contributed by atoms with Crippen LogP contribution in [0.2, 0.25) is 5.28 Å². The lowest BCUT2D eigenvalue weighted by Gasteiger charge is -2.23. The van der Waals surface area contributed by atoms with Crippen LogP contribution >= 0.6 is 11.6 Å². The lowest BCUT2D eigenvalue weighted by atomic mass is 9.97. The van der Waals surface area contributed by atoms with Gasteiger partial charge in [-0.1, -0.05) is 30.3 Å². The van der Waals surface area contributed by atoms with Crippen molar-refractivity contribution >= 4 is 23.2 Å². The Morgan fingerprint density at radius 3 is 2.70 bits per heavy atom. The SMILES string of the molecule is CC1CC(c2ccccc2)CN1c1cc(NC2CC2)nc(Cl)n1. The first-order valence-corrected chi connectivity index (χ1v) is 8.69. The monoisotopic (exact) mass is 328 g/mol. The lowest BCUT2D eigenvalue weighted by Crippen LogP contribution is -2.28. The molecule has 0 spiro atoms. The number of halogens is 1. The van der Waals surface area contributed by atoms with Gasteiger partial charge in [0.25, 0.3) is 0 Å². The van der Waals surface area contributed by atoms with Crippen LogP contribution < -0.4 is 10.2 Å². The van der Waals surface area contributed by atoms with Crippen molar-refractivity contribution in [2.45, 2.75) is 44.2 Å². The molecule has 2 aliphatic rings. The molecular weight excluding hydrogens is 308 g/mol. The third kappa shape index (κ3) is 3.27. The highest BCUT2D eigenvalue weighted by molar-refractivity contribution is 6.28. The van der Waals surface area contributed by atoms with E-state index in [9.17, 15) is 0 Å². The molecule has 1 aliphatic heterocycles. The molecule has 1 aromatic heterocycles. The van der Waals surface area contributed by atoms with Crippen LogP contribution in [-0.4, -0.2) is 28.6 Å². The predicted octanol–water partition coefficient (Wildman–Crippen LogP) is 4.09. The van der Waals surface area contributed by atoms with E-state index in [1.54, 1.807) is 0 Å². The highest BCUT2D eigenvalue weighted by Gasteiger charge is 2.31. The van der Waals surface area contributed by atoms with Crippen molar-refractivity contribution < 1.29 is 0 Å². The molecule has 1 saturated carbocycles. The Balaban J connectivity index is 1.56. The van der Waals surface area contributed by atoms with E-state index in [2.05, 4.69) is 57.4 Å². The van der Waals surface area contributed by atoms with Crippen LogP contribution in [0.5, 0.6) is 0 Å². The molecule has 23 heavy (non-hydrogen) atoms. The van der Waals surface area contributed by atoms with Gasteiger partial charge in [0.15, 0.2) is 0 Å². The Hall–Kier alpha value is -1.81. The summed E-state index contributed by atoms with van der Waals surface area (Å²) in [6.07, 6.45) is 3.57. The number of aromatic nitrogens is 2. The minimum atomic E-state index is 0.320. The van der Waals surface area contributed by atoms with Gasteiger partial charge in [-0.25, -0.2) is 9.97 Å². The number of rotatable bonds is 4. The molecule has 2 heterocycles. The van der Waals surface area contributed by atoms with Crippen LogP contribution in [0.1, 0.15) is 37.7 Å². The molecule has 0 radical (unpaired) electrons. The number of hydrogen-bond donors (Lipinski definition) is 1. The molecule has 4 rings (SSSR count). The summed E-state index contributed by atoms with van der Waals surface area (Å²) in [6.45, 7) is 3.23. The van der Waals surface area contributed by atoms with E-state index in [0.717, 1.165) is 24.6 Å². The molecule has 2 fully saturated rings. The summed E-state index contributed by atoms with van der Waals surface area (Å²) in [4.78, 5) is 11.1. The summed E-state index contributed by atoms with van der Waals surface area (Å²) >= 11 is 6.14. The molecular formula is C18H21ClN4. The van der Waals surface area contributed by atoms with Crippen LogP contribution in [0.3, 0.4) is 0 Å². The Morgan fingerprint density at radius 1 is 1.17 bits per heavy atom. The number of benzene rings is 1. The molecule has 120 valence electrons. The zero-order chi connectivity index (χ0) is 15.8. The minimum Gasteiger partial charge on any atom is -0.367 e. The third-order valence-electron chi connectivity index (χ3n) is 4.75. The van der Waals surface area contributed by atoms with Crippen LogP contribution in [0.25, 0.3) is 0 Å². The van der Waals surface area contributed by atoms with Gasteiger partial charge in [-0.2, -0.15) is 0 Å². The second-order valence-corrected chi connectivity index (χ2v) is 6.98. The zero-order valence-electron chi connectivity index (χ0n) is 13.2. The largest absolute Gasteiger partial charge is 0.367 e. The number of anilines is 2. The van der Waals surface area contributed by atoms with Gasteiger partial charge >= 0.3 is 0 Å². The van der Waals surface area contributed by atoms with E-state index in [4.69, 9.17) is 11.6 Å². The fourth-order valence-corrected chi connectivity index (χ4v) is 3.56. The quantitative estimate of drug-likeness (QED) is 0.858. The summed E-state index contributed by atoms with van der Waals surface area (Å²) in [5, 5.41) is 3.74. The second kappa shape index (κ2) is 6.00. The summed E-state index contributed by atoms with van der Waals surface area (Å²) in [5.41, 5.74) is 1.40. The highest BCUT2D eigenvalue weighted by Crippen LogP contribution is 2.35. The number of hydrogen-bond acceptors (Lipinski definition) is 4. The Labute approximate surface area is 141 Å². The van der Waals surface area contributed by atoms with Crippen LogP contribution in [0, 0.1) is 0 Å². The molecule has 2 atom stereocenters. The number of nitrogens with zero attached hydrogens (tertiary/aromatic N) is 3. The molecule has 1 aromatic carbocycles. The summed E-state index contributed by atoms with van der Waals surface area (Å²) in [5.74, 6) is 2.32. The molecule has 4 nitrogen and oxygen atoms in total. The first-order valence-electron chi connectivity index (χ1n) is 8.32. The van der Waals surface area contributed by atoms with Gasteiger partial charge in [0.05, 0.1) is 0 Å². The second-order valence-electron chi connectivity index (χ2n) is 6.64. The van der Waals surface area contributed by atoms with Crippen molar-refractivity contribution in [3.05, 3.63) is 47.2 Å². The summed E-state index contributed by atoms with van der Waals surface area (Å²) in [7, 11) is 0. The smallest absolute Gasteiger partial charge is 0.226 e. The van der Waals surface area contributed by atoms with Crippen molar-refractivity contribution in [2.24, 2.45) is 0 Å². The molecule has 1 N–H and O–H groups in total. The molecule has 1 aliphatic carbocycles. The van der Waals surface area contributed by atoms with Gasteiger partial charge in [-0.3, -0.25) is 0 Å².